The van der Waals surface area contributed by atoms with Crippen molar-refractivity contribution in [2.75, 3.05) is 45.5 Å². The van der Waals surface area contributed by atoms with Crippen LogP contribution in [-0.4, -0.2) is 77.7 Å². The summed E-state index contributed by atoms with van der Waals surface area (Å²) in [6, 6.07) is -0.0386. The second kappa shape index (κ2) is 8.27. The van der Waals surface area contributed by atoms with E-state index in [2.05, 4.69) is 18.5 Å². The van der Waals surface area contributed by atoms with Crippen LogP contribution in [0.3, 0.4) is 0 Å². The number of carbonyl (C=O) groups is 2. The molecule has 19 heavy (non-hydrogen) atoms. The number of carbonyl (C=O) groups excluding carboxylic acids is 1. The zero-order chi connectivity index (χ0) is 14.3. The predicted molar refractivity (Wildman–Crippen MR) is 76.6 cm³/mol. The Bertz CT molecular complexity index is 307. The molecule has 2 amide bonds. The highest BCUT2D eigenvalue weighted by Gasteiger charge is 2.21. The summed E-state index contributed by atoms with van der Waals surface area (Å²) in [5.41, 5.74) is 0. The van der Waals surface area contributed by atoms with Crippen LogP contribution in [0.5, 0.6) is 0 Å². The molecule has 0 bridgehead atoms. The lowest BCUT2D eigenvalue weighted by molar-refractivity contribution is -0.138. The number of piperazine rings is 1. The zero-order valence-corrected chi connectivity index (χ0v) is 12.4. The third-order valence-corrected chi connectivity index (χ3v) is 4.29. The van der Waals surface area contributed by atoms with Gasteiger partial charge >= 0.3 is 12.0 Å². The Balaban J connectivity index is 2.19. The number of hydrogen-bond donors (Lipinski definition) is 2. The molecule has 0 spiro atoms. The van der Waals surface area contributed by atoms with Gasteiger partial charge in [-0.1, -0.05) is 6.92 Å². The zero-order valence-electron chi connectivity index (χ0n) is 11.6. The Kier molecular flexibility index (Phi) is 7.01. The maximum Gasteiger partial charge on any atom is 0.317 e. The molecule has 1 aliphatic heterocycles. The maximum absolute atomic E-state index is 11.9. The van der Waals surface area contributed by atoms with E-state index in [9.17, 15) is 9.59 Å². The van der Waals surface area contributed by atoms with Gasteiger partial charge in [0, 0.05) is 38.0 Å². The molecular formula is C12H23N3O3S. The fraction of sp³-hybridized carbons (Fsp3) is 0.833. The summed E-state index contributed by atoms with van der Waals surface area (Å²) in [6.07, 6.45) is 3.03. The van der Waals surface area contributed by atoms with Crippen molar-refractivity contribution in [2.45, 2.75) is 18.6 Å². The fourth-order valence-corrected chi connectivity index (χ4v) is 2.27. The minimum Gasteiger partial charge on any atom is -0.480 e. The molecule has 7 heteroatoms. The lowest BCUT2D eigenvalue weighted by Gasteiger charge is -2.33. The average molecular weight is 289 g/mol. The standard InChI is InChI=1S/C12H23N3O3S/c1-10(19-2)3-4-13-12(18)15-7-5-14(6-8-15)9-11(16)17/h10H,3-9H2,1-2H3,(H,13,18)(H,16,17). The van der Waals surface area contributed by atoms with Gasteiger partial charge in [-0.2, -0.15) is 11.8 Å². The molecule has 0 aliphatic carbocycles. The summed E-state index contributed by atoms with van der Waals surface area (Å²) in [6.45, 7) is 5.33. The molecule has 1 fully saturated rings. The number of rotatable bonds is 6. The van der Waals surface area contributed by atoms with Gasteiger partial charge in [-0.15, -0.1) is 0 Å². The highest BCUT2D eigenvalue weighted by Crippen LogP contribution is 2.08. The summed E-state index contributed by atoms with van der Waals surface area (Å²) in [7, 11) is 0. The molecule has 1 aliphatic rings. The molecule has 0 aromatic rings. The molecule has 2 N–H and O–H groups in total. The predicted octanol–water partition coefficient (Wildman–Crippen LogP) is 0.540. The second-order valence-electron chi connectivity index (χ2n) is 4.72. The molecule has 0 aromatic heterocycles. The van der Waals surface area contributed by atoms with Crippen LogP contribution < -0.4 is 5.32 Å². The van der Waals surface area contributed by atoms with Crippen LogP contribution in [-0.2, 0) is 4.79 Å². The van der Waals surface area contributed by atoms with Crippen molar-refractivity contribution in [3.63, 3.8) is 0 Å². The highest BCUT2D eigenvalue weighted by molar-refractivity contribution is 7.99. The van der Waals surface area contributed by atoms with Gasteiger partial charge in [-0.3, -0.25) is 9.69 Å². The minimum atomic E-state index is -0.816. The Morgan fingerprint density at radius 1 is 1.32 bits per heavy atom. The van der Waals surface area contributed by atoms with E-state index in [1.807, 2.05) is 4.90 Å². The van der Waals surface area contributed by atoms with Crippen LogP contribution in [0.15, 0.2) is 0 Å². The van der Waals surface area contributed by atoms with Crippen LogP contribution >= 0.6 is 11.8 Å². The average Bonchev–Trinajstić information content (AvgIpc) is 2.38. The first-order chi connectivity index (χ1) is 9.02. The van der Waals surface area contributed by atoms with E-state index >= 15 is 0 Å². The summed E-state index contributed by atoms with van der Waals surface area (Å²) in [5, 5.41) is 12.2. The number of carboxylic acids is 1. The number of aliphatic carboxylic acids is 1. The lowest BCUT2D eigenvalue weighted by Crippen LogP contribution is -2.52. The van der Waals surface area contributed by atoms with E-state index < -0.39 is 5.97 Å². The molecule has 0 aromatic carbocycles. The Morgan fingerprint density at radius 2 is 1.95 bits per heavy atom. The number of urea groups is 1. The van der Waals surface area contributed by atoms with Crippen molar-refractivity contribution in [1.29, 1.82) is 0 Å². The van der Waals surface area contributed by atoms with Gasteiger partial charge in [0.15, 0.2) is 0 Å². The normalized spacial score (nSPS) is 18.1. The number of carboxylic acid groups (broad SMARTS) is 1. The molecule has 0 radical (unpaired) electrons. The van der Waals surface area contributed by atoms with E-state index in [1.165, 1.54) is 0 Å². The minimum absolute atomic E-state index is 0.0386. The van der Waals surface area contributed by atoms with Crippen LogP contribution in [0.25, 0.3) is 0 Å². The van der Waals surface area contributed by atoms with Crippen molar-refractivity contribution in [3.05, 3.63) is 0 Å². The molecule has 0 saturated carbocycles. The van der Waals surface area contributed by atoms with E-state index in [4.69, 9.17) is 5.11 Å². The monoisotopic (exact) mass is 289 g/mol. The lowest BCUT2D eigenvalue weighted by atomic mass is 10.3. The van der Waals surface area contributed by atoms with Crippen molar-refractivity contribution in [3.8, 4) is 0 Å². The highest BCUT2D eigenvalue weighted by atomic mass is 32.2. The van der Waals surface area contributed by atoms with E-state index in [0.29, 0.717) is 38.0 Å². The van der Waals surface area contributed by atoms with Gasteiger partial charge < -0.3 is 15.3 Å². The first kappa shape index (κ1) is 16.1. The van der Waals surface area contributed by atoms with Gasteiger partial charge in [0.2, 0.25) is 0 Å². The van der Waals surface area contributed by atoms with Gasteiger partial charge in [-0.25, -0.2) is 4.79 Å². The van der Waals surface area contributed by atoms with Crippen LogP contribution in [0.4, 0.5) is 4.79 Å². The third-order valence-electron chi connectivity index (χ3n) is 3.25. The van der Waals surface area contributed by atoms with Crippen LogP contribution in [0, 0.1) is 0 Å². The third kappa shape index (κ3) is 6.15. The van der Waals surface area contributed by atoms with E-state index in [1.54, 1.807) is 16.7 Å². The number of nitrogens with zero attached hydrogens (tertiary/aromatic N) is 2. The van der Waals surface area contributed by atoms with Crippen LogP contribution in [0.1, 0.15) is 13.3 Å². The molecule has 110 valence electrons. The fourth-order valence-electron chi connectivity index (χ4n) is 1.91. The summed E-state index contributed by atoms with van der Waals surface area (Å²) in [5.74, 6) is -0.816. The smallest absolute Gasteiger partial charge is 0.317 e. The number of hydrogen-bond acceptors (Lipinski definition) is 4. The van der Waals surface area contributed by atoms with E-state index in [-0.39, 0.29) is 12.6 Å². The largest absolute Gasteiger partial charge is 0.480 e. The van der Waals surface area contributed by atoms with Gasteiger partial charge in [0.25, 0.3) is 0 Å². The Labute approximate surface area is 118 Å². The molecular weight excluding hydrogens is 266 g/mol. The number of nitrogens with one attached hydrogen (secondary N) is 1. The second-order valence-corrected chi connectivity index (χ2v) is 6.00. The van der Waals surface area contributed by atoms with Gasteiger partial charge in [-0.05, 0) is 12.7 Å². The van der Waals surface area contributed by atoms with Crippen LogP contribution in [0.2, 0.25) is 0 Å². The Morgan fingerprint density at radius 3 is 2.47 bits per heavy atom. The summed E-state index contributed by atoms with van der Waals surface area (Å²) >= 11 is 1.79. The van der Waals surface area contributed by atoms with Gasteiger partial charge in [0.1, 0.15) is 0 Å². The van der Waals surface area contributed by atoms with Gasteiger partial charge in [0.05, 0.1) is 6.54 Å². The van der Waals surface area contributed by atoms with Crippen molar-refractivity contribution >= 4 is 23.8 Å². The molecule has 1 heterocycles. The van der Waals surface area contributed by atoms with Crippen molar-refractivity contribution in [1.82, 2.24) is 15.1 Å². The first-order valence-corrected chi connectivity index (χ1v) is 7.81. The molecule has 1 atom stereocenters. The maximum atomic E-state index is 11.9. The van der Waals surface area contributed by atoms with Crippen molar-refractivity contribution in [2.24, 2.45) is 0 Å². The summed E-state index contributed by atoms with van der Waals surface area (Å²) in [4.78, 5) is 26.1. The quantitative estimate of drug-likeness (QED) is 0.746. The number of amides is 2. The topological polar surface area (TPSA) is 72.9 Å². The van der Waals surface area contributed by atoms with Crippen molar-refractivity contribution < 1.29 is 14.7 Å². The number of thioether (sulfide) groups is 1. The Hall–Kier alpha value is -0.950. The molecule has 1 rings (SSSR count). The van der Waals surface area contributed by atoms with E-state index in [0.717, 1.165) is 6.42 Å². The molecule has 6 nitrogen and oxygen atoms in total. The SMILES string of the molecule is CSC(C)CCNC(=O)N1CCN(CC(=O)O)CC1. The first-order valence-electron chi connectivity index (χ1n) is 6.52. The summed E-state index contributed by atoms with van der Waals surface area (Å²) < 4.78 is 0. The molecule has 1 saturated heterocycles. The molecule has 1 unspecified atom stereocenters.